The minimum atomic E-state index is -3.17. The molecule has 12 nitrogen and oxygen atoms in total. The fourth-order valence-electron chi connectivity index (χ4n) is 6.32. The number of ether oxygens (including phenoxy) is 2. The van der Waals surface area contributed by atoms with Gasteiger partial charge >= 0.3 is 254 Å². The first-order valence-corrected chi connectivity index (χ1v) is 22.7. The van der Waals surface area contributed by atoms with E-state index < -0.39 is 52.9 Å². The van der Waals surface area contributed by atoms with Gasteiger partial charge in [-0.3, -0.25) is 14.4 Å². The van der Waals surface area contributed by atoms with Crippen molar-refractivity contribution in [2.24, 2.45) is 5.73 Å². The van der Waals surface area contributed by atoms with Crippen LogP contribution in [0.25, 0.3) is 0 Å². The van der Waals surface area contributed by atoms with Crippen LogP contribution in [0.2, 0.25) is 0 Å². The summed E-state index contributed by atoms with van der Waals surface area (Å²) >= 11 is 5.52. The molecular weight excluding hydrogens is 783 g/mol. The molecule has 53 heavy (non-hydrogen) atoms. The van der Waals surface area contributed by atoms with E-state index in [2.05, 4.69) is 72.0 Å². The van der Waals surface area contributed by atoms with Crippen molar-refractivity contribution in [3.05, 3.63) is 91.0 Å². The van der Waals surface area contributed by atoms with Crippen molar-refractivity contribution in [3.63, 3.8) is 0 Å². The predicted molar refractivity (Wildman–Crippen MR) is 212 cm³/mol. The number of likely N-dealkylation sites (tertiary alicyclic amines) is 1. The molecule has 284 valence electrons. The van der Waals surface area contributed by atoms with Crippen LogP contribution in [0.3, 0.4) is 0 Å². The van der Waals surface area contributed by atoms with Gasteiger partial charge in [0.25, 0.3) is 0 Å². The summed E-state index contributed by atoms with van der Waals surface area (Å²) in [6.07, 6.45) is 1.81. The normalized spacial score (nSPS) is 16.2. The molecule has 0 radical (unpaired) electrons. The third kappa shape index (κ3) is 10.1. The number of esters is 2. The summed E-state index contributed by atoms with van der Waals surface area (Å²) in [5.41, 5.74) is 5.73. The van der Waals surface area contributed by atoms with Crippen molar-refractivity contribution < 1.29 is 38.2 Å². The summed E-state index contributed by atoms with van der Waals surface area (Å²) in [5.74, 6) is -3.30. The molecule has 1 aliphatic rings. The number of nitrogens with one attached hydrogen (secondary N) is 2. The maximum absolute atomic E-state index is 13.5. The number of thioether (sulfide) groups is 1. The molecule has 0 aromatic heterocycles. The SMILES string of the molecule is COC(=O)CNC(=O)[C@H](CSC1CC(=O)N(CCCCP(Br)(c2ccccc2)(c2ccccc2)c2ccccc2)C1=O)NC(=O)CC[C@H](N)C(=O)OC. The second-order valence-electron chi connectivity index (χ2n) is 12.6. The van der Waals surface area contributed by atoms with Crippen LogP contribution in [0.15, 0.2) is 91.0 Å². The van der Waals surface area contributed by atoms with Gasteiger partial charge in [-0.1, -0.05) is 0 Å². The van der Waals surface area contributed by atoms with Gasteiger partial charge < -0.3 is 15.2 Å². The molecule has 1 saturated heterocycles. The van der Waals surface area contributed by atoms with E-state index in [4.69, 9.17) is 5.73 Å². The Bertz CT molecular complexity index is 1660. The predicted octanol–water partition coefficient (Wildman–Crippen LogP) is 2.52. The first-order chi connectivity index (χ1) is 25.4. The summed E-state index contributed by atoms with van der Waals surface area (Å²) in [6, 6.07) is 29.0. The van der Waals surface area contributed by atoms with Gasteiger partial charge in [-0.25, -0.2) is 0 Å². The van der Waals surface area contributed by atoms with Crippen molar-refractivity contribution >= 4 is 84.0 Å². The molecule has 0 saturated carbocycles. The van der Waals surface area contributed by atoms with E-state index in [1.807, 2.05) is 54.6 Å². The minimum Gasteiger partial charge on any atom is -0.468 e. The second kappa shape index (κ2) is 19.3. The first kappa shape index (κ1) is 41.7. The smallest absolute Gasteiger partial charge is 0.468 e. The van der Waals surface area contributed by atoms with Crippen LogP contribution < -0.4 is 32.3 Å². The zero-order valence-corrected chi connectivity index (χ0v) is 33.1. The first-order valence-electron chi connectivity index (χ1n) is 17.3. The van der Waals surface area contributed by atoms with E-state index in [9.17, 15) is 28.8 Å². The van der Waals surface area contributed by atoms with E-state index in [0.29, 0.717) is 12.8 Å². The van der Waals surface area contributed by atoms with Gasteiger partial charge in [0.2, 0.25) is 0 Å². The van der Waals surface area contributed by atoms with E-state index >= 15 is 0 Å². The summed E-state index contributed by atoms with van der Waals surface area (Å²) in [6.45, 7) is -0.182. The molecule has 0 spiro atoms. The van der Waals surface area contributed by atoms with Crippen molar-refractivity contribution in [2.75, 3.05) is 39.2 Å². The Kier molecular flexibility index (Phi) is 15.2. The number of imide groups is 1. The van der Waals surface area contributed by atoms with Gasteiger partial charge in [-0.2, -0.15) is 0 Å². The zero-order chi connectivity index (χ0) is 38.5. The zero-order valence-electron chi connectivity index (χ0n) is 29.8. The van der Waals surface area contributed by atoms with Crippen LogP contribution in [0.1, 0.15) is 32.1 Å². The van der Waals surface area contributed by atoms with Crippen molar-refractivity contribution in [2.45, 2.75) is 49.4 Å². The summed E-state index contributed by atoms with van der Waals surface area (Å²) < 4.78 is 9.16. The number of nitrogens with zero attached hydrogens (tertiary/aromatic N) is 1. The molecule has 3 aromatic carbocycles. The molecule has 3 aromatic rings. The van der Waals surface area contributed by atoms with Crippen LogP contribution >= 0.6 is 32.6 Å². The Morgan fingerprint density at radius 1 is 0.887 bits per heavy atom. The quantitative estimate of drug-likeness (QED) is 0.0706. The van der Waals surface area contributed by atoms with Gasteiger partial charge in [0.1, 0.15) is 12.6 Å². The molecule has 4 N–H and O–H groups in total. The molecule has 1 aliphatic heterocycles. The maximum atomic E-state index is 13.5. The number of rotatable bonds is 19. The average molecular weight is 830 g/mol. The van der Waals surface area contributed by atoms with Crippen molar-refractivity contribution in [3.8, 4) is 0 Å². The molecule has 4 amide bonds. The van der Waals surface area contributed by atoms with E-state index in [0.717, 1.165) is 17.9 Å². The van der Waals surface area contributed by atoms with Gasteiger partial charge in [0, 0.05) is 6.42 Å². The summed E-state index contributed by atoms with van der Waals surface area (Å²) in [4.78, 5) is 76.9. The number of carbonyl (C=O) groups excluding carboxylic acids is 6. The summed E-state index contributed by atoms with van der Waals surface area (Å²) in [7, 11) is 2.36. The van der Waals surface area contributed by atoms with Crippen LogP contribution in [0.5, 0.6) is 0 Å². The molecule has 3 atom stereocenters. The molecule has 4 rings (SSSR count). The van der Waals surface area contributed by atoms with E-state index in [1.165, 1.54) is 35.0 Å². The third-order valence-corrected chi connectivity index (χ3v) is 20.6. The van der Waals surface area contributed by atoms with Crippen LogP contribution in [-0.2, 0) is 38.2 Å². The summed E-state index contributed by atoms with van der Waals surface area (Å²) in [5, 5.41) is 4.64. The minimum absolute atomic E-state index is 0.0202. The fraction of sp³-hybridized carbons (Fsp3) is 0.368. The topological polar surface area (TPSA) is 174 Å². The third-order valence-electron chi connectivity index (χ3n) is 9.23. The number of amides is 4. The molecule has 1 unspecified atom stereocenters. The van der Waals surface area contributed by atoms with Crippen LogP contribution in [-0.4, -0.2) is 97.0 Å². The van der Waals surface area contributed by atoms with Gasteiger partial charge in [-0.05, 0) is 6.42 Å². The Morgan fingerprint density at radius 3 is 1.94 bits per heavy atom. The number of methoxy groups -OCH3 is 2. The Labute approximate surface area is 322 Å². The monoisotopic (exact) mass is 828 g/mol. The van der Waals surface area contributed by atoms with E-state index in [1.54, 1.807) is 0 Å². The number of hydrogen-bond acceptors (Lipinski definition) is 10. The van der Waals surface area contributed by atoms with Gasteiger partial charge in [0.15, 0.2) is 0 Å². The number of unbranched alkanes of at least 4 members (excludes halogenated alkanes) is 1. The molecule has 0 bridgehead atoms. The number of halogens is 1. The number of carbonyl (C=O) groups is 6. The van der Waals surface area contributed by atoms with Crippen molar-refractivity contribution in [1.29, 1.82) is 0 Å². The molecule has 1 heterocycles. The Morgan fingerprint density at radius 2 is 1.43 bits per heavy atom. The van der Waals surface area contributed by atoms with Crippen LogP contribution in [0, 0.1) is 0 Å². The standard InChI is InChI=1S/C38H46BrN4O8PS/c1-50-35(46)25-41-36(47)31(42-33(44)21-20-30(40)38(49)51-2)26-53-32-24-34(45)43(37(32)48)22-12-13-23-52(39,27-14-6-3-7-15-27,28-16-8-4-9-17-28)29-18-10-5-11-19-29/h3-11,14-19,30-32H,12-13,20-26,40H2,1-2H3,(H,41,47)(H,42,44)/t30-,31-,32?/m0/s1. The molecular formula is C38H46BrN4O8PS. The number of hydrogen-bond donors (Lipinski definition) is 3. The van der Waals surface area contributed by atoms with Crippen molar-refractivity contribution in [1.82, 2.24) is 15.5 Å². The Hall–Kier alpha value is -4.10. The number of nitrogens with two attached hydrogens (primary N) is 1. The van der Waals surface area contributed by atoms with Gasteiger partial charge in [-0.15, -0.1) is 0 Å². The molecule has 15 heteroatoms. The number of benzene rings is 3. The van der Waals surface area contributed by atoms with E-state index in [-0.39, 0.29) is 43.4 Å². The molecule has 0 aliphatic carbocycles. The van der Waals surface area contributed by atoms with Crippen LogP contribution in [0.4, 0.5) is 0 Å². The fourth-order valence-corrected chi connectivity index (χ4v) is 15.3. The average Bonchev–Trinajstić information content (AvgIpc) is 3.47. The second-order valence-corrected chi connectivity index (χ2v) is 22.9. The Balaban J connectivity index is 1.43. The molecule has 1 fully saturated rings. The van der Waals surface area contributed by atoms with Gasteiger partial charge in [0.05, 0.1) is 14.2 Å².